The summed E-state index contributed by atoms with van der Waals surface area (Å²) in [5, 5.41) is 19.9. The van der Waals surface area contributed by atoms with Gasteiger partial charge in [-0.1, -0.05) is 6.07 Å². The van der Waals surface area contributed by atoms with Crippen LogP contribution in [0.1, 0.15) is 0 Å². The molecule has 1 aromatic carbocycles. The van der Waals surface area contributed by atoms with Gasteiger partial charge in [0.1, 0.15) is 7.05 Å². The lowest BCUT2D eigenvalue weighted by Gasteiger charge is -2.04. The van der Waals surface area contributed by atoms with Gasteiger partial charge in [0.05, 0.1) is 10.3 Å². The number of nitrogens with zero attached hydrogens (tertiary/aromatic N) is 1. The Kier molecular flexibility index (Phi) is 2.44. The predicted molar refractivity (Wildman–Crippen MR) is 60.2 cm³/mol. The van der Waals surface area contributed by atoms with Crippen LogP contribution in [0.3, 0.4) is 0 Å². The average Bonchev–Trinajstić information content (AvgIpc) is 2.25. The third-order valence-corrected chi connectivity index (χ3v) is 3.15. The number of aromatic nitrogens is 1. The molecule has 2 N–H and O–H groups in total. The zero-order valence-corrected chi connectivity index (χ0v) is 9.38. The molecule has 2 rings (SSSR count). The number of hydrogen-bond acceptors (Lipinski definition) is 3. The summed E-state index contributed by atoms with van der Waals surface area (Å²) >= 11 is 1.61. The zero-order valence-electron chi connectivity index (χ0n) is 8.56. The van der Waals surface area contributed by atoms with Gasteiger partial charge in [-0.25, -0.2) is 0 Å². The molecule has 1 heterocycles. The molecule has 78 valence electrons. The minimum Gasteiger partial charge on any atom is -0.504 e. The van der Waals surface area contributed by atoms with Gasteiger partial charge in [0.2, 0.25) is 17.5 Å². The van der Waals surface area contributed by atoms with Crippen LogP contribution in [0.5, 0.6) is 11.5 Å². The Morgan fingerprint density at radius 2 is 2.00 bits per heavy atom. The monoisotopic (exact) mass is 222 g/mol. The van der Waals surface area contributed by atoms with Gasteiger partial charge in [0.25, 0.3) is 0 Å². The van der Waals surface area contributed by atoms with Crippen molar-refractivity contribution < 1.29 is 14.8 Å². The van der Waals surface area contributed by atoms with Gasteiger partial charge in [-0.15, -0.1) is 11.8 Å². The maximum Gasteiger partial charge on any atom is 0.229 e. The molecule has 0 saturated carbocycles. The van der Waals surface area contributed by atoms with Crippen molar-refractivity contribution in [2.75, 3.05) is 6.26 Å². The second kappa shape index (κ2) is 3.62. The highest BCUT2D eigenvalue weighted by Gasteiger charge is 2.17. The number of thioether (sulfide) groups is 1. The number of aryl methyl sites for hydroxylation is 1. The summed E-state index contributed by atoms with van der Waals surface area (Å²) in [5.41, 5.74) is 0.931. The standard InChI is InChI=1S/C11H11NO2S/c1-12-6-8(13)11(14)7-4-3-5-9(15-2)10(7)12/h3-6,13H,1-2H3/p+1. The van der Waals surface area contributed by atoms with E-state index in [-0.39, 0.29) is 11.5 Å². The quantitative estimate of drug-likeness (QED) is 0.571. The summed E-state index contributed by atoms with van der Waals surface area (Å²) in [7, 11) is 1.85. The lowest BCUT2D eigenvalue weighted by Crippen LogP contribution is -2.28. The van der Waals surface area contributed by atoms with Crippen LogP contribution in [-0.4, -0.2) is 16.5 Å². The molecule has 3 nitrogen and oxygen atoms in total. The smallest absolute Gasteiger partial charge is 0.229 e. The van der Waals surface area contributed by atoms with E-state index in [2.05, 4.69) is 0 Å². The Balaban J connectivity index is 2.95. The number of rotatable bonds is 1. The molecule has 0 aliphatic carbocycles. The van der Waals surface area contributed by atoms with Crippen LogP contribution in [0.15, 0.2) is 29.3 Å². The second-order valence-electron chi connectivity index (χ2n) is 3.33. The highest BCUT2D eigenvalue weighted by Crippen LogP contribution is 2.34. The number of pyridine rings is 1. The molecule has 0 radical (unpaired) electrons. The molecular weight excluding hydrogens is 210 g/mol. The van der Waals surface area contributed by atoms with E-state index in [1.54, 1.807) is 17.8 Å². The van der Waals surface area contributed by atoms with Crippen LogP contribution < -0.4 is 4.57 Å². The highest BCUT2D eigenvalue weighted by molar-refractivity contribution is 7.98. The molecular formula is C11H12NO2S+. The first-order valence-corrected chi connectivity index (χ1v) is 5.75. The third-order valence-electron chi connectivity index (χ3n) is 2.39. The fraction of sp³-hybridized carbons (Fsp3) is 0.182. The summed E-state index contributed by atoms with van der Waals surface area (Å²) in [6, 6.07) is 5.65. The summed E-state index contributed by atoms with van der Waals surface area (Å²) < 4.78 is 1.82. The number of benzene rings is 1. The van der Waals surface area contributed by atoms with E-state index in [4.69, 9.17) is 0 Å². The minimum atomic E-state index is -0.0942. The third kappa shape index (κ3) is 1.51. The fourth-order valence-corrected chi connectivity index (χ4v) is 2.35. The van der Waals surface area contributed by atoms with Gasteiger partial charge < -0.3 is 10.2 Å². The Morgan fingerprint density at radius 1 is 1.27 bits per heavy atom. The maximum atomic E-state index is 9.73. The molecule has 0 amide bonds. The highest BCUT2D eigenvalue weighted by atomic mass is 32.2. The van der Waals surface area contributed by atoms with Gasteiger partial charge in [-0.05, 0) is 18.4 Å². The lowest BCUT2D eigenvalue weighted by molar-refractivity contribution is -0.646. The van der Waals surface area contributed by atoms with Crippen LogP contribution in [0.2, 0.25) is 0 Å². The molecule has 0 aliphatic rings. The van der Waals surface area contributed by atoms with Gasteiger partial charge in [-0.3, -0.25) is 0 Å². The molecule has 0 saturated heterocycles. The Bertz CT molecular complexity index is 525. The van der Waals surface area contributed by atoms with Gasteiger partial charge in [0.15, 0.2) is 5.75 Å². The summed E-state index contributed by atoms with van der Waals surface area (Å²) in [5.74, 6) is -0.151. The van der Waals surface area contributed by atoms with Crippen LogP contribution in [0, 0.1) is 0 Å². The van der Waals surface area contributed by atoms with E-state index in [9.17, 15) is 10.2 Å². The van der Waals surface area contributed by atoms with E-state index in [0.717, 1.165) is 10.4 Å². The first-order valence-electron chi connectivity index (χ1n) is 4.52. The molecule has 0 atom stereocenters. The largest absolute Gasteiger partial charge is 0.504 e. The van der Waals surface area contributed by atoms with E-state index >= 15 is 0 Å². The van der Waals surface area contributed by atoms with Crippen LogP contribution in [-0.2, 0) is 7.05 Å². The van der Waals surface area contributed by atoms with Crippen molar-refractivity contribution in [3.05, 3.63) is 24.4 Å². The van der Waals surface area contributed by atoms with Crippen molar-refractivity contribution in [2.45, 2.75) is 4.90 Å². The van der Waals surface area contributed by atoms with Crippen molar-refractivity contribution in [2.24, 2.45) is 7.05 Å². The lowest BCUT2D eigenvalue weighted by atomic mass is 10.2. The summed E-state index contributed by atoms with van der Waals surface area (Å²) in [6.45, 7) is 0. The van der Waals surface area contributed by atoms with Crippen molar-refractivity contribution in [1.29, 1.82) is 0 Å². The van der Waals surface area contributed by atoms with Crippen molar-refractivity contribution >= 4 is 22.7 Å². The molecule has 0 unspecified atom stereocenters. The fourth-order valence-electron chi connectivity index (χ4n) is 1.69. The van der Waals surface area contributed by atoms with Crippen molar-refractivity contribution in [3.63, 3.8) is 0 Å². The Morgan fingerprint density at radius 3 is 2.67 bits per heavy atom. The van der Waals surface area contributed by atoms with Gasteiger partial charge in [0, 0.05) is 0 Å². The average molecular weight is 222 g/mol. The van der Waals surface area contributed by atoms with Gasteiger partial charge >= 0.3 is 0 Å². The second-order valence-corrected chi connectivity index (χ2v) is 4.18. The van der Waals surface area contributed by atoms with Crippen molar-refractivity contribution in [1.82, 2.24) is 0 Å². The minimum absolute atomic E-state index is 0.0565. The Hall–Kier alpha value is -1.42. The molecule has 2 aromatic rings. The first kappa shape index (κ1) is 10.1. The normalized spacial score (nSPS) is 10.8. The zero-order chi connectivity index (χ0) is 11.0. The molecule has 15 heavy (non-hydrogen) atoms. The first-order chi connectivity index (χ1) is 7.15. The maximum absolute atomic E-state index is 9.73. The predicted octanol–water partition coefficient (Wildman–Crippen LogP) is 1.80. The van der Waals surface area contributed by atoms with E-state index in [0.29, 0.717) is 5.39 Å². The molecule has 0 fully saturated rings. The van der Waals surface area contributed by atoms with Crippen molar-refractivity contribution in [3.8, 4) is 11.5 Å². The molecule has 4 heteroatoms. The van der Waals surface area contributed by atoms with E-state index in [1.807, 2.05) is 30.0 Å². The SMILES string of the molecule is CSc1cccc2c(O)c(O)c[n+](C)c12. The number of aromatic hydroxyl groups is 2. The van der Waals surface area contributed by atoms with Crippen LogP contribution in [0.25, 0.3) is 10.9 Å². The molecule has 0 aliphatic heterocycles. The number of para-hydroxylation sites is 1. The van der Waals surface area contributed by atoms with Gasteiger partial charge in [-0.2, -0.15) is 4.57 Å². The topological polar surface area (TPSA) is 44.3 Å². The number of fused-ring (bicyclic) bond motifs is 1. The Labute approximate surface area is 92.0 Å². The van der Waals surface area contributed by atoms with E-state index in [1.165, 1.54) is 6.20 Å². The van der Waals surface area contributed by atoms with Crippen LogP contribution >= 0.6 is 11.8 Å². The molecule has 0 bridgehead atoms. The summed E-state index contributed by atoms with van der Waals surface area (Å²) in [4.78, 5) is 1.07. The molecule has 0 spiro atoms. The summed E-state index contributed by atoms with van der Waals surface area (Å²) in [6.07, 6.45) is 3.50. The van der Waals surface area contributed by atoms with E-state index < -0.39 is 0 Å². The number of hydrogen-bond donors (Lipinski definition) is 2. The van der Waals surface area contributed by atoms with Crippen LogP contribution in [0.4, 0.5) is 0 Å². The molecule has 1 aromatic heterocycles.